The van der Waals surface area contributed by atoms with Crippen molar-refractivity contribution in [2.45, 2.75) is 36.6 Å². The van der Waals surface area contributed by atoms with Gasteiger partial charge in [-0.1, -0.05) is 0 Å². The van der Waals surface area contributed by atoms with Gasteiger partial charge in [-0.3, -0.25) is 14.4 Å². The third kappa shape index (κ3) is 6.11. The van der Waals surface area contributed by atoms with E-state index in [0.717, 1.165) is 28.6 Å². The summed E-state index contributed by atoms with van der Waals surface area (Å²) in [4.78, 5) is 30.7. The zero-order valence-electron chi connectivity index (χ0n) is 21.0. The van der Waals surface area contributed by atoms with Gasteiger partial charge in [0.25, 0.3) is 15.9 Å². The molecule has 3 aromatic rings. The topological polar surface area (TPSA) is 143 Å². The molecule has 40 heavy (non-hydrogen) atoms. The normalized spacial score (nSPS) is 15.6. The Balaban J connectivity index is 1.62. The minimum atomic E-state index is -4.84. The molecule has 2 amide bonds. The van der Waals surface area contributed by atoms with Crippen molar-refractivity contribution in [3.63, 3.8) is 0 Å². The fourth-order valence-corrected chi connectivity index (χ4v) is 5.07. The van der Waals surface area contributed by atoms with E-state index in [1.54, 1.807) is 0 Å². The number of hydrogen-bond donors (Lipinski definition) is 3. The van der Waals surface area contributed by atoms with Crippen LogP contribution in [0.1, 0.15) is 24.5 Å². The Morgan fingerprint density at radius 2 is 1.88 bits per heavy atom. The van der Waals surface area contributed by atoms with Crippen molar-refractivity contribution < 1.29 is 45.0 Å². The third-order valence-corrected chi connectivity index (χ3v) is 7.57. The van der Waals surface area contributed by atoms with Gasteiger partial charge in [0.15, 0.2) is 5.82 Å². The number of ether oxygens (including phenoxy) is 2. The average Bonchev–Trinajstić information content (AvgIpc) is 3.41. The first-order chi connectivity index (χ1) is 18.7. The van der Waals surface area contributed by atoms with Gasteiger partial charge in [-0.15, -0.1) is 0 Å². The van der Waals surface area contributed by atoms with Crippen molar-refractivity contribution in [3.05, 3.63) is 66.5 Å². The fourth-order valence-electron chi connectivity index (χ4n) is 3.57. The summed E-state index contributed by atoms with van der Waals surface area (Å²) in [5.74, 6) is -1.16. The van der Waals surface area contributed by atoms with Crippen molar-refractivity contribution in [2.24, 2.45) is 0 Å². The number of carbonyl (C=O) groups is 2. The molecule has 214 valence electrons. The number of nitrogens with zero attached hydrogens (tertiary/aromatic N) is 2. The summed E-state index contributed by atoms with van der Waals surface area (Å²) in [6, 6.07) is 7.80. The summed E-state index contributed by atoms with van der Waals surface area (Å²) >= 11 is 0. The number of hydrogen-bond acceptors (Lipinski definition) is 7. The zero-order chi connectivity index (χ0) is 29.3. The van der Waals surface area contributed by atoms with Gasteiger partial charge >= 0.3 is 12.3 Å². The van der Waals surface area contributed by atoms with Crippen molar-refractivity contribution in [3.8, 4) is 5.75 Å². The van der Waals surface area contributed by atoms with Gasteiger partial charge < -0.3 is 19.8 Å². The molecule has 11 nitrogen and oxygen atoms in total. The summed E-state index contributed by atoms with van der Waals surface area (Å²) in [6.45, 7) is 0.900. The minimum absolute atomic E-state index is 0.0308. The second-order valence-electron chi connectivity index (χ2n) is 9.08. The number of rotatable bonds is 7. The summed E-state index contributed by atoms with van der Waals surface area (Å²) in [6.07, 6.45) is -4.33. The van der Waals surface area contributed by atoms with E-state index in [9.17, 15) is 35.6 Å². The lowest BCUT2D eigenvalue weighted by Crippen LogP contribution is -2.48. The number of fused-ring (bicyclic) bond motifs is 1. The highest BCUT2D eigenvalue weighted by atomic mass is 32.2. The van der Waals surface area contributed by atoms with Gasteiger partial charge in [0, 0.05) is 18.1 Å². The van der Waals surface area contributed by atoms with Gasteiger partial charge in [-0.25, -0.2) is 22.6 Å². The molecule has 16 heteroatoms. The number of amides is 2. The van der Waals surface area contributed by atoms with Crippen LogP contribution < -0.4 is 19.7 Å². The second kappa shape index (κ2) is 10.7. The molecule has 1 atom stereocenters. The van der Waals surface area contributed by atoms with Crippen molar-refractivity contribution in [1.29, 1.82) is 0 Å². The summed E-state index contributed by atoms with van der Waals surface area (Å²) in [7, 11) is -4.34. The highest BCUT2D eigenvalue weighted by Crippen LogP contribution is 2.39. The highest BCUT2D eigenvalue weighted by Gasteiger charge is 2.51. The molecule has 2 heterocycles. The smallest absolute Gasteiger partial charge is 0.427 e. The van der Waals surface area contributed by atoms with Crippen molar-refractivity contribution in [1.82, 2.24) is 15.3 Å². The first kappa shape index (κ1) is 28.7. The number of H-pyrrole nitrogens is 1. The molecule has 1 aliphatic heterocycles. The molecule has 1 aromatic heterocycles. The van der Waals surface area contributed by atoms with E-state index >= 15 is 0 Å². The lowest BCUT2D eigenvalue weighted by molar-refractivity contribution is -0.242. The number of sulfonamides is 1. The van der Waals surface area contributed by atoms with Crippen LogP contribution in [0.15, 0.2) is 59.8 Å². The molecule has 1 unspecified atom stereocenters. The van der Waals surface area contributed by atoms with E-state index < -0.39 is 45.7 Å². The number of imidazole rings is 1. The summed E-state index contributed by atoms with van der Waals surface area (Å²) < 4.78 is 91.2. The van der Waals surface area contributed by atoms with Crippen molar-refractivity contribution in [2.75, 3.05) is 22.7 Å². The minimum Gasteiger partial charge on any atom is -0.484 e. The van der Waals surface area contributed by atoms with Crippen LogP contribution in [0, 0.1) is 5.82 Å². The Labute approximate surface area is 225 Å². The van der Waals surface area contributed by atoms with E-state index in [4.69, 9.17) is 4.74 Å². The highest BCUT2D eigenvalue weighted by molar-refractivity contribution is 7.92. The number of nitrogens with one attached hydrogen (secondary N) is 3. The maximum atomic E-state index is 13.6. The SMILES string of the molecule is CC(C)(OC(=O)Nc1ccc2c(c1)N(S(=O)(=O)c1ccc(F)cc1)CC(CNC(=O)c1ncc[nH]1)O2)C(F)(F)F. The lowest BCUT2D eigenvalue weighted by Gasteiger charge is -2.35. The monoisotopic (exact) mass is 585 g/mol. The second-order valence-corrected chi connectivity index (χ2v) is 10.9. The zero-order valence-corrected chi connectivity index (χ0v) is 21.8. The Kier molecular flexibility index (Phi) is 7.65. The molecule has 0 saturated carbocycles. The number of aromatic amines is 1. The number of aromatic nitrogens is 2. The maximum absolute atomic E-state index is 13.6. The molecule has 0 fully saturated rings. The van der Waals surface area contributed by atoms with Crippen LogP contribution in [0.5, 0.6) is 5.75 Å². The number of halogens is 4. The third-order valence-electron chi connectivity index (χ3n) is 5.77. The Hall–Kier alpha value is -4.34. The molecule has 2 aromatic carbocycles. The van der Waals surface area contributed by atoms with E-state index in [-0.39, 0.29) is 40.9 Å². The van der Waals surface area contributed by atoms with Gasteiger partial charge in [0.05, 0.1) is 23.7 Å². The fraction of sp³-hybridized carbons (Fsp3) is 0.292. The molecule has 0 radical (unpaired) electrons. The van der Waals surface area contributed by atoms with Gasteiger partial charge in [-0.2, -0.15) is 13.2 Å². The maximum Gasteiger partial charge on any atom is 0.427 e. The lowest BCUT2D eigenvalue weighted by atomic mass is 10.1. The van der Waals surface area contributed by atoms with E-state index in [1.807, 2.05) is 0 Å². The standard InChI is InChI=1S/C24H23F4N5O6S/c1-23(2,24(26,27)28)39-22(35)32-15-5-8-19-18(11-15)33(40(36,37)17-6-3-14(25)4-7-17)13-16(38-19)12-31-21(34)20-29-9-10-30-20/h3-11,16H,12-13H2,1-2H3,(H,29,30)(H,31,34)(H,32,35). The van der Waals surface area contributed by atoms with Crippen LogP contribution in [0.2, 0.25) is 0 Å². The number of benzene rings is 2. The van der Waals surface area contributed by atoms with Crippen LogP contribution in [-0.4, -0.2) is 61.4 Å². The molecule has 1 aliphatic rings. The van der Waals surface area contributed by atoms with Gasteiger partial charge in [0.1, 0.15) is 17.7 Å². The number of alkyl halides is 3. The summed E-state index contributed by atoms with van der Waals surface area (Å²) in [5.41, 5.74) is -2.94. The van der Waals surface area contributed by atoms with Crippen LogP contribution in [-0.2, 0) is 14.8 Å². The predicted octanol–water partition coefficient (Wildman–Crippen LogP) is 3.82. The molecule has 4 rings (SSSR count). The predicted molar refractivity (Wildman–Crippen MR) is 133 cm³/mol. The average molecular weight is 586 g/mol. The van der Waals surface area contributed by atoms with Crippen LogP contribution in [0.3, 0.4) is 0 Å². The van der Waals surface area contributed by atoms with E-state index in [1.165, 1.54) is 30.6 Å². The molecule has 3 N–H and O–H groups in total. The van der Waals surface area contributed by atoms with Gasteiger partial charge in [0.2, 0.25) is 5.60 Å². The van der Waals surface area contributed by atoms with E-state index in [0.29, 0.717) is 13.8 Å². The molecule has 0 bridgehead atoms. The number of anilines is 2. The largest absolute Gasteiger partial charge is 0.484 e. The van der Waals surface area contributed by atoms with Crippen LogP contribution >= 0.6 is 0 Å². The Morgan fingerprint density at radius 3 is 2.50 bits per heavy atom. The van der Waals surface area contributed by atoms with E-state index in [2.05, 4.69) is 25.3 Å². The summed E-state index contributed by atoms with van der Waals surface area (Å²) in [5, 5.41) is 4.73. The van der Waals surface area contributed by atoms with Crippen LogP contribution in [0.25, 0.3) is 0 Å². The first-order valence-electron chi connectivity index (χ1n) is 11.6. The number of carbonyl (C=O) groups excluding carboxylic acids is 2. The quantitative estimate of drug-likeness (QED) is 0.358. The van der Waals surface area contributed by atoms with Crippen molar-refractivity contribution >= 4 is 33.4 Å². The Morgan fingerprint density at radius 1 is 1.18 bits per heavy atom. The first-order valence-corrected chi connectivity index (χ1v) is 13.0. The van der Waals surface area contributed by atoms with Gasteiger partial charge in [-0.05, 0) is 56.3 Å². The van der Waals surface area contributed by atoms with Crippen LogP contribution in [0.4, 0.5) is 33.7 Å². The molecule has 0 saturated heterocycles. The molecule has 0 aliphatic carbocycles. The molecular formula is C24H23F4N5O6S. The Bertz CT molecular complexity index is 1490. The molecular weight excluding hydrogens is 562 g/mol. The molecule has 0 spiro atoms.